The summed E-state index contributed by atoms with van der Waals surface area (Å²) in [6, 6.07) is 14.9. The average Bonchev–Trinajstić information content (AvgIpc) is 2.49. The second kappa shape index (κ2) is 8.17. The van der Waals surface area contributed by atoms with Crippen LogP contribution < -0.4 is 10.5 Å². The third kappa shape index (κ3) is 5.50. The predicted molar refractivity (Wildman–Crippen MR) is 90.0 cm³/mol. The van der Waals surface area contributed by atoms with Crippen molar-refractivity contribution in [3.05, 3.63) is 59.1 Å². The highest BCUT2D eigenvalue weighted by atomic mass is 35.5. The fourth-order valence-corrected chi connectivity index (χ4v) is 2.96. The van der Waals surface area contributed by atoms with E-state index in [-0.39, 0.29) is 6.61 Å². The van der Waals surface area contributed by atoms with Crippen molar-refractivity contribution in [3.8, 4) is 5.75 Å². The van der Waals surface area contributed by atoms with Crippen molar-refractivity contribution in [1.29, 1.82) is 0 Å². The molecule has 0 aliphatic heterocycles. The van der Waals surface area contributed by atoms with Crippen LogP contribution in [0.1, 0.15) is 5.56 Å². The summed E-state index contributed by atoms with van der Waals surface area (Å²) in [4.78, 5) is 0. The summed E-state index contributed by atoms with van der Waals surface area (Å²) in [7, 11) is 0. The highest BCUT2D eigenvalue weighted by Crippen LogP contribution is 2.21. The molecule has 0 amide bonds. The van der Waals surface area contributed by atoms with Gasteiger partial charge in [0.1, 0.15) is 12.4 Å². The van der Waals surface area contributed by atoms with Crippen molar-refractivity contribution in [2.75, 3.05) is 18.1 Å². The lowest BCUT2D eigenvalue weighted by Crippen LogP contribution is -2.20. The molecule has 1 unspecified atom stereocenters. The summed E-state index contributed by atoms with van der Waals surface area (Å²) < 4.78 is 5.50. The quantitative estimate of drug-likeness (QED) is 0.764. The van der Waals surface area contributed by atoms with Gasteiger partial charge in [-0.05, 0) is 35.9 Å². The molecule has 0 fully saturated rings. The van der Waals surface area contributed by atoms with Crippen LogP contribution in [0, 0.1) is 0 Å². The normalized spacial score (nSPS) is 12.1. The van der Waals surface area contributed by atoms with Gasteiger partial charge in [-0.1, -0.05) is 29.8 Å². The number of nitrogen functional groups attached to an aromatic ring is 1. The zero-order valence-electron chi connectivity index (χ0n) is 11.5. The van der Waals surface area contributed by atoms with Gasteiger partial charge in [0.2, 0.25) is 0 Å². The van der Waals surface area contributed by atoms with Crippen molar-refractivity contribution in [1.82, 2.24) is 0 Å². The van der Waals surface area contributed by atoms with Crippen LogP contribution in [0.25, 0.3) is 0 Å². The highest BCUT2D eigenvalue weighted by Gasteiger charge is 2.07. The number of rotatable bonds is 7. The summed E-state index contributed by atoms with van der Waals surface area (Å²) in [6.07, 6.45) is -0.518. The Hall–Kier alpha value is -1.36. The summed E-state index contributed by atoms with van der Waals surface area (Å²) in [5.74, 6) is 2.08. The lowest BCUT2D eigenvalue weighted by atomic mass is 10.2. The van der Waals surface area contributed by atoms with Crippen LogP contribution >= 0.6 is 23.4 Å². The van der Waals surface area contributed by atoms with E-state index >= 15 is 0 Å². The minimum absolute atomic E-state index is 0.263. The summed E-state index contributed by atoms with van der Waals surface area (Å²) in [5, 5.41) is 10.7. The van der Waals surface area contributed by atoms with Crippen molar-refractivity contribution >= 4 is 29.1 Å². The molecule has 5 heteroatoms. The first-order valence-corrected chi connectivity index (χ1v) is 8.16. The first-order valence-electron chi connectivity index (χ1n) is 6.62. The SMILES string of the molecule is Nc1ccc(OCC(O)CSCc2ccccc2Cl)cc1. The molecular weight excluding hydrogens is 306 g/mol. The molecule has 0 heterocycles. The molecule has 0 aliphatic carbocycles. The van der Waals surface area contributed by atoms with Gasteiger partial charge in [0, 0.05) is 22.2 Å². The fraction of sp³-hybridized carbons (Fsp3) is 0.250. The minimum Gasteiger partial charge on any atom is -0.491 e. The van der Waals surface area contributed by atoms with E-state index in [1.165, 1.54) is 0 Å². The summed E-state index contributed by atoms with van der Waals surface area (Å²) >= 11 is 7.71. The Labute approximate surface area is 134 Å². The van der Waals surface area contributed by atoms with Gasteiger partial charge >= 0.3 is 0 Å². The third-order valence-electron chi connectivity index (χ3n) is 2.85. The smallest absolute Gasteiger partial charge is 0.119 e. The van der Waals surface area contributed by atoms with E-state index in [1.54, 1.807) is 36.0 Å². The van der Waals surface area contributed by atoms with Crippen molar-refractivity contribution < 1.29 is 9.84 Å². The van der Waals surface area contributed by atoms with Crippen molar-refractivity contribution in [3.63, 3.8) is 0 Å². The monoisotopic (exact) mass is 323 g/mol. The molecule has 2 rings (SSSR count). The number of thioether (sulfide) groups is 1. The molecule has 2 aromatic carbocycles. The Morgan fingerprint density at radius 1 is 1.14 bits per heavy atom. The molecule has 3 nitrogen and oxygen atoms in total. The second-order valence-electron chi connectivity index (χ2n) is 4.64. The van der Waals surface area contributed by atoms with Crippen LogP contribution in [0.4, 0.5) is 5.69 Å². The largest absolute Gasteiger partial charge is 0.491 e. The molecule has 3 N–H and O–H groups in total. The lowest BCUT2D eigenvalue weighted by molar-refractivity contribution is 0.126. The number of nitrogens with two attached hydrogens (primary N) is 1. The molecule has 21 heavy (non-hydrogen) atoms. The number of aliphatic hydroxyl groups excluding tert-OH is 1. The van der Waals surface area contributed by atoms with Crippen LogP contribution in [0.15, 0.2) is 48.5 Å². The van der Waals surface area contributed by atoms with E-state index in [2.05, 4.69) is 0 Å². The third-order valence-corrected chi connectivity index (χ3v) is 4.35. The predicted octanol–water partition coefficient (Wildman–Crippen LogP) is 3.60. The number of halogens is 1. The fourth-order valence-electron chi connectivity index (χ4n) is 1.72. The summed E-state index contributed by atoms with van der Waals surface area (Å²) in [5.41, 5.74) is 7.37. The van der Waals surface area contributed by atoms with Crippen molar-refractivity contribution in [2.45, 2.75) is 11.9 Å². The average molecular weight is 324 g/mol. The van der Waals surface area contributed by atoms with E-state index in [1.807, 2.05) is 24.3 Å². The first-order chi connectivity index (χ1) is 10.1. The molecule has 0 aromatic heterocycles. The number of ether oxygens (including phenoxy) is 1. The summed E-state index contributed by atoms with van der Waals surface area (Å²) in [6.45, 7) is 0.263. The molecule has 0 bridgehead atoms. The lowest BCUT2D eigenvalue weighted by Gasteiger charge is -2.12. The zero-order valence-corrected chi connectivity index (χ0v) is 13.1. The van der Waals surface area contributed by atoms with Crippen LogP contribution in [-0.2, 0) is 5.75 Å². The van der Waals surface area contributed by atoms with E-state index in [9.17, 15) is 5.11 Å². The van der Waals surface area contributed by atoms with Gasteiger partial charge < -0.3 is 15.6 Å². The molecule has 0 saturated carbocycles. The van der Waals surface area contributed by atoms with E-state index in [0.717, 1.165) is 16.3 Å². The Morgan fingerprint density at radius 3 is 2.57 bits per heavy atom. The topological polar surface area (TPSA) is 55.5 Å². The van der Waals surface area contributed by atoms with Gasteiger partial charge in [0.05, 0.1) is 6.10 Å². The Kier molecular flexibility index (Phi) is 6.23. The van der Waals surface area contributed by atoms with Crippen LogP contribution in [0.3, 0.4) is 0 Å². The number of aliphatic hydroxyl groups is 1. The van der Waals surface area contributed by atoms with E-state index in [0.29, 0.717) is 17.2 Å². The highest BCUT2D eigenvalue weighted by molar-refractivity contribution is 7.98. The molecule has 112 valence electrons. The maximum atomic E-state index is 9.91. The molecule has 0 spiro atoms. The number of hydrogen-bond acceptors (Lipinski definition) is 4. The van der Waals surface area contributed by atoms with Gasteiger partial charge in [-0.25, -0.2) is 0 Å². The van der Waals surface area contributed by atoms with E-state index in [4.69, 9.17) is 22.1 Å². The van der Waals surface area contributed by atoms with Crippen LogP contribution in [-0.4, -0.2) is 23.6 Å². The first kappa shape index (κ1) is 16.0. The number of benzene rings is 2. The Morgan fingerprint density at radius 2 is 1.86 bits per heavy atom. The van der Waals surface area contributed by atoms with Gasteiger partial charge in [-0.3, -0.25) is 0 Å². The second-order valence-corrected chi connectivity index (χ2v) is 6.08. The standard InChI is InChI=1S/C16H18ClNO2S/c17-16-4-2-1-3-12(16)10-21-11-14(19)9-20-15-7-5-13(18)6-8-15/h1-8,14,19H,9-11,18H2. The maximum Gasteiger partial charge on any atom is 0.119 e. The molecule has 0 radical (unpaired) electrons. The molecule has 0 saturated heterocycles. The van der Waals surface area contributed by atoms with Crippen molar-refractivity contribution in [2.24, 2.45) is 0 Å². The van der Waals surface area contributed by atoms with Crippen LogP contribution in [0.5, 0.6) is 5.75 Å². The Bertz CT molecular complexity index is 562. The maximum absolute atomic E-state index is 9.91. The van der Waals surface area contributed by atoms with Crippen LogP contribution in [0.2, 0.25) is 5.02 Å². The Balaban J connectivity index is 1.69. The zero-order chi connectivity index (χ0) is 15.1. The van der Waals surface area contributed by atoms with Gasteiger partial charge in [-0.15, -0.1) is 0 Å². The molecule has 1 atom stereocenters. The van der Waals surface area contributed by atoms with Gasteiger partial charge in [0.25, 0.3) is 0 Å². The molecule has 2 aromatic rings. The number of anilines is 1. The molecule has 0 aliphatic rings. The minimum atomic E-state index is -0.518. The number of hydrogen-bond donors (Lipinski definition) is 2. The van der Waals surface area contributed by atoms with E-state index < -0.39 is 6.10 Å². The van der Waals surface area contributed by atoms with Gasteiger partial charge in [-0.2, -0.15) is 11.8 Å². The van der Waals surface area contributed by atoms with Gasteiger partial charge in [0.15, 0.2) is 0 Å². The molecular formula is C16H18ClNO2S.